The molecule has 7 heteroatoms. The predicted molar refractivity (Wildman–Crippen MR) is 97.0 cm³/mol. The number of aryl methyl sites for hydroxylation is 1. The number of ether oxygens (including phenoxy) is 1. The van der Waals surface area contributed by atoms with Crippen LogP contribution in [0.15, 0.2) is 30.3 Å². The molecule has 7 nitrogen and oxygen atoms in total. The summed E-state index contributed by atoms with van der Waals surface area (Å²) in [5.74, 6) is 1.26. The molecule has 0 amide bonds. The summed E-state index contributed by atoms with van der Waals surface area (Å²) in [6.07, 6.45) is 0. The number of nitriles is 1. The summed E-state index contributed by atoms with van der Waals surface area (Å²) in [7, 11) is 0. The van der Waals surface area contributed by atoms with Gasteiger partial charge in [-0.05, 0) is 19.1 Å². The Morgan fingerprint density at radius 1 is 1.24 bits per heavy atom. The van der Waals surface area contributed by atoms with E-state index in [1.165, 1.54) is 0 Å². The van der Waals surface area contributed by atoms with Crippen molar-refractivity contribution in [1.82, 2.24) is 14.9 Å². The van der Waals surface area contributed by atoms with Gasteiger partial charge in [0, 0.05) is 37.9 Å². The number of hydrogen-bond donors (Lipinski definition) is 2. The van der Waals surface area contributed by atoms with E-state index in [4.69, 9.17) is 4.74 Å². The molecule has 0 radical (unpaired) electrons. The van der Waals surface area contributed by atoms with Gasteiger partial charge in [-0.1, -0.05) is 12.1 Å². The van der Waals surface area contributed by atoms with Gasteiger partial charge in [-0.25, -0.2) is 4.98 Å². The standard InChI is InChI=1S/C18H22N6O/c1-14-12-17(20-6-7-24-8-10-25-11-9-24)23-18(21-14)22-16-5-3-2-4-15(16)13-19/h2-5,12H,6-11H2,1H3,(H2,20,21,22,23). The lowest BCUT2D eigenvalue weighted by atomic mass is 10.2. The van der Waals surface area contributed by atoms with Crippen LogP contribution in [0.3, 0.4) is 0 Å². The Labute approximate surface area is 147 Å². The van der Waals surface area contributed by atoms with Gasteiger partial charge in [0.05, 0.1) is 24.5 Å². The summed E-state index contributed by atoms with van der Waals surface area (Å²) in [5, 5.41) is 15.7. The molecule has 0 saturated carbocycles. The maximum absolute atomic E-state index is 9.19. The Balaban J connectivity index is 1.63. The number of morpholine rings is 1. The molecule has 1 fully saturated rings. The second kappa shape index (κ2) is 8.42. The number of para-hydroxylation sites is 1. The minimum Gasteiger partial charge on any atom is -0.379 e. The number of anilines is 3. The van der Waals surface area contributed by atoms with E-state index in [2.05, 4.69) is 31.6 Å². The van der Waals surface area contributed by atoms with Crippen LogP contribution in [0.1, 0.15) is 11.3 Å². The first-order chi connectivity index (χ1) is 12.2. The Hall–Kier alpha value is -2.69. The first kappa shape index (κ1) is 17.1. The maximum Gasteiger partial charge on any atom is 0.229 e. The van der Waals surface area contributed by atoms with Crippen molar-refractivity contribution in [2.45, 2.75) is 6.92 Å². The molecule has 3 rings (SSSR count). The molecular weight excluding hydrogens is 316 g/mol. The molecule has 1 aliphatic heterocycles. The van der Waals surface area contributed by atoms with Gasteiger partial charge in [0.1, 0.15) is 11.9 Å². The predicted octanol–water partition coefficient (Wildman–Crippen LogP) is 2.14. The van der Waals surface area contributed by atoms with Crippen LogP contribution in [0.25, 0.3) is 0 Å². The van der Waals surface area contributed by atoms with Gasteiger partial charge in [-0.15, -0.1) is 0 Å². The van der Waals surface area contributed by atoms with E-state index in [-0.39, 0.29) is 0 Å². The smallest absolute Gasteiger partial charge is 0.229 e. The van der Waals surface area contributed by atoms with Gasteiger partial charge in [-0.3, -0.25) is 4.90 Å². The zero-order valence-corrected chi connectivity index (χ0v) is 14.3. The van der Waals surface area contributed by atoms with Crippen molar-refractivity contribution < 1.29 is 4.74 Å². The van der Waals surface area contributed by atoms with Gasteiger partial charge < -0.3 is 15.4 Å². The highest BCUT2D eigenvalue weighted by Gasteiger charge is 2.10. The van der Waals surface area contributed by atoms with E-state index in [0.29, 0.717) is 17.2 Å². The van der Waals surface area contributed by atoms with E-state index < -0.39 is 0 Å². The molecule has 1 aliphatic rings. The Bertz CT molecular complexity index is 751. The van der Waals surface area contributed by atoms with Gasteiger partial charge in [0.25, 0.3) is 0 Å². The molecule has 0 atom stereocenters. The van der Waals surface area contributed by atoms with Crippen molar-refractivity contribution >= 4 is 17.5 Å². The summed E-state index contributed by atoms with van der Waals surface area (Å²) in [6, 6.07) is 11.4. The lowest BCUT2D eigenvalue weighted by Gasteiger charge is -2.26. The molecule has 2 aromatic rings. The fourth-order valence-electron chi connectivity index (χ4n) is 2.69. The average molecular weight is 338 g/mol. The normalized spacial score (nSPS) is 14.7. The van der Waals surface area contributed by atoms with Crippen LogP contribution in [0.4, 0.5) is 17.5 Å². The number of nitrogens with zero attached hydrogens (tertiary/aromatic N) is 4. The molecule has 0 bridgehead atoms. The lowest BCUT2D eigenvalue weighted by Crippen LogP contribution is -2.39. The Morgan fingerprint density at radius 2 is 2.04 bits per heavy atom. The van der Waals surface area contributed by atoms with Crippen molar-refractivity contribution in [3.8, 4) is 6.07 Å². The van der Waals surface area contributed by atoms with Crippen molar-refractivity contribution in [2.24, 2.45) is 0 Å². The number of aromatic nitrogens is 2. The van der Waals surface area contributed by atoms with Crippen LogP contribution in [-0.2, 0) is 4.74 Å². The number of rotatable bonds is 6. The lowest BCUT2D eigenvalue weighted by molar-refractivity contribution is 0.0398. The fourth-order valence-corrected chi connectivity index (χ4v) is 2.69. The van der Waals surface area contributed by atoms with Crippen LogP contribution >= 0.6 is 0 Å². The third kappa shape index (κ3) is 4.89. The Morgan fingerprint density at radius 3 is 2.84 bits per heavy atom. The summed E-state index contributed by atoms with van der Waals surface area (Å²) < 4.78 is 5.36. The summed E-state index contributed by atoms with van der Waals surface area (Å²) in [6.45, 7) is 7.25. The summed E-state index contributed by atoms with van der Waals surface area (Å²) >= 11 is 0. The van der Waals surface area contributed by atoms with Crippen molar-refractivity contribution in [3.63, 3.8) is 0 Å². The molecule has 2 N–H and O–H groups in total. The molecule has 0 unspecified atom stereocenters. The van der Waals surface area contributed by atoms with Crippen LogP contribution < -0.4 is 10.6 Å². The highest BCUT2D eigenvalue weighted by Crippen LogP contribution is 2.19. The topological polar surface area (TPSA) is 86.1 Å². The monoisotopic (exact) mass is 338 g/mol. The van der Waals surface area contributed by atoms with Gasteiger partial charge in [0.2, 0.25) is 5.95 Å². The molecule has 130 valence electrons. The quantitative estimate of drug-likeness (QED) is 0.834. The van der Waals surface area contributed by atoms with Crippen molar-refractivity contribution in [3.05, 3.63) is 41.6 Å². The zero-order chi connectivity index (χ0) is 17.5. The summed E-state index contributed by atoms with van der Waals surface area (Å²) in [5.41, 5.74) is 2.13. The van der Waals surface area contributed by atoms with E-state index in [1.54, 1.807) is 6.07 Å². The largest absolute Gasteiger partial charge is 0.379 e. The number of nitrogens with one attached hydrogen (secondary N) is 2. The van der Waals surface area contributed by atoms with Gasteiger partial charge >= 0.3 is 0 Å². The average Bonchev–Trinajstić information content (AvgIpc) is 2.63. The van der Waals surface area contributed by atoms with Gasteiger partial charge in [0.15, 0.2) is 0 Å². The minimum absolute atomic E-state index is 0.483. The van der Waals surface area contributed by atoms with Gasteiger partial charge in [-0.2, -0.15) is 10.2 Å². The molecule has 0 aliphatic carbocycles. The molecule has 0 spiro atoms. The van der Waals surface area contributed by atoms with Crippen LogP contribution in [-0.4, -0.2) is 54.3 Å². The highest BCUT2D eigenvalue weighted by atomic mass is 16.5. The number of benzene rings is 1. The molecule has 25 heavy (non-hydrogen) atoms. The van der Waals surface area contributed by atoms with E-state index in [1.807, 2.05) is 31.2 Å². The number of hydrogen-bond acceptors (Lipinski definition) is 7. The fraction of sp³-hybridized carbons (Fsp3) is 0.389. The molecule has 1 saturated heterocycles. The third-order valence-corrected chi connectivity index (χ3v) is 3.99. The maximum atomic E-state index is 9.19. The molecule has 2 heterocycles. The van der Waals surface area contributed by atoms with Crippen LogP contribution in [0.5, 0.6) is 0 Å². The first-order valence-corrected chi connectivity index (χ1v) is 8.40. The van der Waals surface area contributed by atoms with Crippen molar-refractivity contribution in [2.75, 3.05) is 50.0 Å². The van der Waals surface area contributed by atoms with Crippen LogP contribution in [0, 0.1) is 18.3 Å². The van der Waals surface area contributed by atoms with E-state index in [9.17, 15) is 5.26 Å². The minimum atomic E-state index is 0.483. The second-order valence-corrected chi connectivity index (χ2v) is 5.88. The molecule has 1 aromatic carbocycles. The van der Waals surface area contributed by atoms with E-state index in [0.717, 1.165) is 50.9 Å². The first-order valence-electron chi connectivity index (χ1n) is 8.40. The molecular formula is C18H22N6O. The Kier molecular flexibility index (Phi) is 5.77. The van der Waals surface area contributed by atoms with E-state index >= 15 is 0 Å². The third-order valence-electron chi connectivity index (χ3n) is 3.99. The zero-order valence-electron chi connectivity index (χ0n) is 14.3. The van der Waals surface area contributed by atoms with Crippen molar-refractivity contribution in [1.29, 1.82) is 5.26 Å². The highest BCUT2D eigenvalue weighted by molar-refractivity contribution is 5.63. The molecule has 1 aromatic heterocycles. The summed E-state index contributed by atoms with van der Waals surface area (Å²) in [4.78, 5) is 11.3. The second-order valence-electron chi connectivity index (χ2n) is 5.88. The SMILES string of the molecule is Cc1cc(NCCN2CCOCC2)nc(Nc2ccccc2C#N)n1. The van der Waals surface area contributed by atoms with Crippen LogP contribution in [0.2, 0.25) is 0 Å².